The molecule has 0 saturated carbocycles. The fourth-order valence-electron chi connectivity index (χ4n) is 1.49. The summed E-state index contributed by atoms with van der Waals surface area (Å²) >= 11 is 0. The summed E-state index contributed by atoms with van der Waals surface area (Å²) in [7, 11) is 0. The molecule has 0 radical (unpaired) electrons. The van der Waals surface area contributed by atoms with E-state index in [2.05, 4.69) is 13.5 Å². The number of hydrogen-bond acceptors (Lipinski definition) is 1. The van der Waals surface area contributed by atoms with Crippen LogP contribution >= 0.6 is 0 Å². The van der Waals surface area contributed by atoms with Crippen LogP contribution in [-0.2, 0) is 4.79 Å². The Kier molecular flexibility index (Phi) is 10.6. The van der Waals surface area contributed by atoms with E-state index in [-0.39, 0.29) is 0 Å². The van der Waals surface area contributed by atoms with E-state index in [0.717, 1.165) is 19.3 Å². The van der Waals surface area contributed by atoms with E-state index in [1.165, 1.54) is 25.7 Å². The van der Waals surface area contributed by atoms with Gasteiger partial charge in [0.2, 0.25) is 0 Å². The summed E-state index contributed by atoms with van der Waals surface area (Å²) in [5, 5.41) is 0. The molecule has 0 aliphatic carbocycles. The Morgan fingerprint density at radius 2 is 1.87 bits per heavy atom. The lowest BCUT2D eigenvalue weighted by atomic mass is 10.1. The lowest BCUT2D eigenvalue weighted by Gasteiger charge is -1.99. The predicted molar refractivity (Wildman–Crippen MR) is 67.0 cm³/mol. The zero-order chi connectivity index (χ0) is 11.4. The van der Waals surface area contributed by atoms with Crippen LogP contribution in [0.2, 0.25) is 0 Å². The van der Waals surface area contributed by atoms with E-state index in [4.69, 9.17) is 0 Å². The minimum absolute atomic E-state index is 0.403. The quantitative estimate of drug-likeness (QED) is 0.383. The summed E-state index contributed by atoms with van der Waals surface area (Å²) in [4.78, 5) is 11.4. The van der Waals surface area contributed by atoms with Gasteiger partial charge in [-0.3, -0.25) is 4.79 Å². The summed E-state index contributed by atoms with van der Waals surface area (Å²) in [6, 6.07) is 0. The number of rotatable bonds is 10. The summed E-state index contributed by atoms with van der Waals surface area (Å²) in [6.07, 6.45) is 14.1. The molecule has 0 fully saturated rings. The Hall–Kier alpha value is -0.850. The summed E-state index contributed by atoms with van der Waals surface area (Å²) in [5.74, 6) is 0.403. The minimum atomic E-state index is 0.403. The van der Waals surface area contributed by atoms with Crippen LogP contribution in [0.15, 0.2) is 24.8 Å². The second-order valence-electron chi connectivity index (χ2n) is 3.91. The second-order valence-corrected chi connectivity index (χ2v) is 3.91. The molecule has 0 spiro atoms. The highest BCUT2D eigenvalue weighted by atomic mass is 16.1. The Bertz CT molecular complexity index is 192. The number of carbonyl (C=O) groups excluding carboxylic acids is 1. The standard InChI is InChI=1S/C14H24O/c1-3-5-7-9-11-13-14(15)12-10-8-6-4-2/h4,6,8H,2-3,5,7,9-13H2,1H3. The summed E-state index contributed by atoms with van der Waals surface area (Å²) in [5.41, 5.74) is 0. The molecule has 0 aliphatic heterocycles. The van der Waals surface area contributed by atoms with Gasteiger partial charge in [0, 0.05) is 12.8 Å². The molecule has 0 atom stereocenters. The Morgan fingerprint density at radius 1 is 1.13 bits per heavy atom. The first kappa shape index (κ1) is 14.2. The number of carbonyl (C=O) groups is 1. The molecule has 15 heavy (non-hydrogen) atoms. The Morgan fingerprint density at radius 3 is 2.53 bits per heavy atom. The molecule has 86 valence electrons. The molecule has 0 heterocycles. The van der Waals surface area contributed by atoms with Crippen molar-refractivity contribution in [1.29, 1.82) is 0 Å². The zero-order valence-corrected chi connectivity index (χ0v) is 10.0. The molecule has 0 unspecified atom stereocenters. The molecule has 0 rings (SSSR count). The molecule has 1 nitrogen and oxygen atoms in total. The SMILES string of the molecule is C=CC=CCCC(=O)CCCCCCC. The van der Waals surface area contributed by atoms with Gasteiger partial charge in [-0.1, -0.05) is 57.4 Å². The van der Waals surface area contributed by atoms with Gasteiger partial charge in [0.15, 0.2) is 0 Å². The van der Waals surface area contributed by atoms with Crippen molar-refractivity contribution in [3.8, 4) is 0 Å². The van der Waals surface area contributed by atoms with Gasteiger partial charge >= 0.3 is 0 Å². The van der Waals surface area contributed by atoms with Crippen molar-refractivity contribution in [3.63, 3.8) is 0 Å². The maximum atomic E-state index is 11.4. The first-order valence-electron chi connectivity index (χ1n) is 6.10. The van der Waals surface area contributed by atoms with Crippen molar-refractivity contribution in [1.82, 2.24) is 0 Å². The number of unbranched alkanes of at least 4 members (excludes halogenated alkanes) is 4. The molecule has 0 saturated heterocycles. The van der Waals surface area contributed by atoms with E-state index >= 15 is 0 Å². The highest BCUT2D eigenvalue weighted by Gasteiger charge is 1.99. The Labute approximate surface area is 94.3 Å². The summed E-state index contributed by atoms with van der Waals surface area (Å²) < 4.78 is 0. The molecule has 0 amide bonds. The van der Waals surface area contributed by atoms with Crippen molar-refractivity contribution < 1.29 is 4.79 Å². The smallest absolute Gasteiger partial charge is 0.133 e. The van der Waals surface area contributed by atoms with Crippen LogP contribution in [-0.4, -0.2) is 5.78 Å². The van der Waals surface area contributed by atoms with Gasteiger partial charge < -0.3 is 0 Å². The van der Waals surface area contributed by atoms with E-state index in [1.54, 1.807) is 6.08 Å². The normalized spacial score (nSPS) is 10.7. The van der Waals surface area contributed by atoms with E-state index in [1.807, 2.05) is 12.2 Å². The van der Waals surface area contributed by atoms with Crippen LogP contribution in [0.5, 0.6) is 0 Å². The van der Waals surface area contributed by atoms with E-state index in [0.29, 0.717) is 12.2 Å². The fourth-order valence-corrected chi connectivity index (χ4v) is 1.49. The lowest BCUT2D eigenvalue weighted by Crippen LogP contribution is -1.96. The van der Waals surface area contributed by atoms with Crippen molar-refractivity contribution in [2.24, 2.45) is 0 Å². The first-order valence-corrected chi connectivity index (χ1v) is 6.10. The van der Waals surface area contributed by atoms with E-state index in [9.17, 15) is 4.79 Å². The molecule has 0 bridgehead atoms. The minimum Gasteiger partial charge on any atom is -0.300 e. The average Bonchev–Trinajstić information content (AvgIpc) is 2.24. The third kappa shape index (κ3) is 11.1. The molecule has 0 N–H and O–H groups in total. The highest BCUT2D eigenvalue weighted by Crippen LogP contribution is 2.07. The molecule has 0 aromatic rings. The molecular formula is C14H24O. The lowest BCUT2D eigenvalue weighted by molar-refractivity contribution is -0.119. The predicted octanol–water partition coefficient (Wildman–Crippen LogP) is 4.44. The van der Waals surface area contributed by atoms with Crippen molar-refractivity contribution >= 4 is 5.78 Å². The maximum absolute atomic E-state index is 11.4. The van der Waals surface area contributed by atoms with Crippen LogP contribution in [0, 0.1) is 0 Å². The van der Waals surface area contributed by atoms with Gasteiger partial charge in [-0.15, -0.1) is 0 Å². The monoisotopic (exact) mass is 208 g/mol. The van der Waals surface area contributed by atoms with Gasteiger partial charge in [-0.05, 0) is 12.8 Å². The molecule has 0 aromatic carbocycles. The highest BCUT2D eigenvalue weighted by molar-refractivity contribution is 5.78. The number of ketones is 1. The number of allylic oxidation sites excluding steroid dienone is 3. The van der Waals surface area contributed by atoms with Crippen LogP contribution in [0.25, 0.3) is 0 Å². The van der Waals surface area contributed by atoms with Crippen molar-refractivity contribution in [3.05, 3.63) is 24.8 Å². The fraction of sp³-hybridized carbons (Fsp3) is 0.643. The van der Waals surface area contributed by atoms with Crippen LogP contribution < -0.4 is 0 Å². The van der Waals surface area contributed by atoms with Crippen LogP contribution in [0.4, 0.5) is 0 Å². The Balaban J connectivity index is 3.25. The van der Waals surface area contributed by atoms with Gasteiger partial charge in [-0.2, -0.15) is 0 Å². The van der Waals surface area contributed by atoms with Gasteiger partial charge in [0.05, 0.1) is 0 Å². The maximum Gasteiger partial charge on any atom is 0.133 e. The second kappa shape index (κ2) is 11.2. The largest absolute Gasteiger partial charge is 0.300 e. The van der Waals surface area contributed by atoms with Crippen molar-refractivity contribution in [2.45, 2.75) is 58.3 Å². The zero-order valence-electron chi connectivity index (χ0n) is 10.0. The third-order valence-corrected chi connectivity index (χ3v) is 2.42. The van der Waals surface area contributed by atoms with Gasteiger partial charge in [-0.25, -0.2) is 0 Å². The number of Topliss-reactive ketones (excluding diaryl/α,β-unsaturated/α-hetero) is 1. The molecular weight excluding hydrogens is 184 g/mol. The third-order valence-electron chi connectivity index (χ3n) is 2.42. The van der Waals surface area contributed by atoms with Crippen LogP contribution in [0.1, 0.15) is 58.3 Å². The van der Waals surface area contributed by atoms with Gasteiger partial charge in [0.1, 0.15) is 5.78 Å². The van der Waals surface area contributed by atoms with Gasteiger partial charge in [0.25, 0.3) is 0 Å². The average molecular weight is 208 g/mol. The van der Waals surface area contributed by atoms with E-state index < -0.39 is 0 Å². The van der Waals surface area contributed by atoms with Crippen LogP contribution in [0.3, 0.4) is 0 Å². The topological polar surface area (TPSA) is 17.1 Å². The molecule has 0 aliphatic rings. The van der Waals surface area contributed by atoms with Crippen molar-refractivity contribution in [2.75, 3.05) is 0 Å². The molecule has 1 heteroatoms. The summed E-state index contributed by atoms with van der Waals surface area (Å²) in [6.45, 7) is 5.79. The first-order chi connectivity index (χ1) is 7.31. The number of hydrogen-bond donors (Lipinski definition) is 0. The molecule has 0 aromatic heterocycles.